The first-order chi connectivity index (χ1) is 10.4. The Morgan fingerprint density at radius 3 is 2.81 bits per heavy atom. The van der Waals surface area contributed by atoms with Crippen LogP contribution in [-0.2, 0) is 16.0 Å². The second kappa shape index (κ2) is 9.77. The van der Waals surface area contributed by atoms with Gasteiger partial charge >= 0.3 is 0 Å². The van der Waals surface area contributed by atoms with Gasteiger partial charge in [0.1, 0.15) is 12.4 Å². The molecule has 21 heavy (non-hydrogen) atoms. The average molecular weight is 293 g/mol. The Morgan fingerprint density at radius 1 is 1.24 bits per heavy atom. The summed E-state index contributed by atoms with van der Waals surface area (Å²) in [5.74, 6) is 1.47. The molecule has 0 saturated carbocycles. The monoisotopic (exact) mass is 293 g/mol. The van der Waals surface area contributed by atoms with Crippen molar-refractivity contribution in [3.63, 3.8) is 0 Å². The van der Waals surface area contributed by atoms with Crippen LogP contribution in [0.15, 0.2) is 24.3 Å². The molecular formula is C17H27NO3. The summed E-state index contributed by atoms with van der Waals surface area (Å²) in [5.41, 5.74) is 1.29. The molecule has 0 aromatic heterocycles. The molecule has 1 fully saturated rings. The van der Waals surface area contributed by atoms with Crippen LogP contribution in [0.2, 0.25) is 0 Å². The fraction of sp³-hybridized carbons (Fsp3) is 0.647. The van der Waals surface area contributed by atoms with Crippen LogP contribution < -0.4 is 10.1 Å². The summed E-state index contributed by atoms with van der Waals surface area (Å²) < 4.78 is 16.6. The zero-order valence-corrected chi connectivity index (χ0v) is 13.0. The summed E-state index contributed by atoms with van der Waals surface area (Å²) in [7, 11) is 0. The Kier molecular flexibility index (Phi) is 7.57. The predicted octanol–water partition coefficient (Wildman–Crippen LogP) is 2.62. The molecule has 4 nitrogen and oxygen atoms in total. The van der Waals surface area contributed by atoms with Crippen LogP contribution in [0.5, 0.6) is 5.75 Å². The van der Waals surface area contributed by atoms with Crippen molar-refractivity contribution in [2.24, 2.45) is 5.92 Å². The lowest BCUT2D eigenvalue weighted by molar-refractivity contribution is 0.0684. The van der Waals surface area contributed by atoms with Gasteiger partial charge in [-0.05, 0) is 37.1 Å². The minimum absolute atomic E-state index is 0.569. The summed E-state index contributed by atoms with van der Waals surface area (Å²) in [6.07, 6.45) is 2.28. The van der Waals surface area contributed by atoms with Gasteiger partial charge in [-0.2, -0.15) is 0 Å². The molecule has 1 saturated heterocycles. The summed E-state index contributed by atoms with van der Waals surface area (Å²) >= 11 is 0. The van der Waals surface area contributed by atoms with Crippen LogP contribution in [0.4, 0.5) is 0 Å². The van der Waals surface area contributed by atoms with Gasteiger partial charge in [-0.1, -0.05) is 19.1 Å². The molecule has 1 atom stereocenters. The maximum Gasteiger partial charge on any atom is 0.119 e. The summed E-state index contributed by atoms with van der Waals surface area (Å²) in [5, 5.41) is 3.39. The van der Waals surface area contributed by atoms with Gasteiger partial charge in [0.15, 0.2) is 0 Å². The zero-order chi connectivity index (χ0) is 14.8. The van der Waals surface area contributed by atoms with Gasteiger partial charge in [0.2, 0.25) is 0 Å². The van der Waals surface area contributed by atoms with Gasteiger partial charge < -0.3 is 19.5 Å². The second-order valence-electron chi connectivity index (χ2n) is 5.47. The van der Waals surface area contributed by atoms with E-state index in [0.29, 0.717) is 19.1 Å². The quantitative estimate of drug-likeness (QED) is 0.673. The van der Waals surface area contributed by atoms with E-state index in [2.05, 4.69) is 24.4 Å². The normalized spacial score (nSPS) is 18.0. The van der Waals surface area contributed by atoms with Crippen LogP contribution in [0.25, 0.3) is 0 Å². The van der Waals surface area contributed by atoms with Crippen LogP contribution in [0.1, 0.15) is 25.3 Å². The van der Waals surface area contributed by atoms with Gasteiger partial charge in [0.25, 0.3) is 0 Å². The van der Waals surface area contributed by atoms with Crippen LogP contribution in [0.3, 0.4) is 0 Å². The van der Waals surface area contributed by atoms with E-state index in [1.54, 1.807) is 0 Å². The van der Waals surface area contributed by atoms with Crippen LogP contribution >= 0.6 is 0 Å². The number of rotatable bonds is 10. The maximum atomic E-state index is 5.67. The molecule has 1 N–H and O–H groups in total. The molecule has 0 bridgehead atoms. The molecule has 2 rings (SSSR count). The van der Waals surface area contributed by atoms with Gasteiger partial charge in [-0.3, -0.25) is 0 Å². The fourth-order valence-electron chi connectivity index (χ4n) is 2.30. The highest BCUT2D eigenvalue weighted by molar-refractivity contribution is 5.27. The number of hydrogen-bond acceptors (Lipinski definition) is 4. The first-order valence-electron chi connectivity index (χ1n) is 7.96. The summed E-state index contributed by atoms with van der Waals surface area (Å²) in [4.78, 5) is 0. The average Bonchev–Trinajstić information content (AvgIpc) is 3.02. The molecule has 0 aliphatic carbocycles. The van der Waals surface area contributed by atoms with Crippen molar-refractivity contribution in [3.8, 4) is 5.75 Å². The van der Waals surface area contributed by atoms with E-state index in [9.17, 15) is 0 Å². The maximum absolute atomic E-state index is 5.67. The lowest BCUT2D eigenvalue weighted by atomic mass is 10.1. The standard InChI is InChI=1S/C17H27NO3/c1-2-8-18-12-15-3-5-17(6-4-15)21-11-10-20-14-16-7-9-19-13-16/h3-6,16,18H,2,7-14H2,1H3. The number of ether oxygens (including phenoxy) is 3. The zero-order valence-electron chi connectivity index (χ0n) is 13.0. The third-order valence-corrected chi connectivity index (χ3v) is 3.55. The van der Waals surface area contributed by atoms with Crippen molar-refractivity contribution in [1.82, 2.24) is 5.32 Å². The Labute approximate surface area is 127 Å². The Bertz CT molecular complexity index is 374. The molecule has 0 radical (unpaired) electrons. The van der Waals surface area contributed by atoms with Gasteiger partial charge in [-0.25, -0.2) is 0 Å². The molecule has 1 aromatic carbocycles. The van der Waals surface area contributed by atoms with Gasteiger partial charge in [0.05, 0.1) is 19.8 Å². The minimum atomic E-state index is 0.569. The first kappa shape index (κ1) is 16.3. The highest BCUT2D eigenvalue weighted by Crippen LogP contribution is 2.13. The summed E-state index contributed by atoms with van der Waals surface area (Å²) in [6.45, 7) is 7.88. The lowest BCUT2D eigenvalue weighted by Crippen LogP contribution is -2.14. The second-order valence-corrected chi connectivity index (χ2v) is 5.47. The largest absolute Gasteiger partial charge is 0.491 e. The molecule has 1 unspecified atom stereocenters. The van der Waals surface area contributed by atoms with Crippen LogP contribution in [0, 0.1) is 5.92 Å². The lowest BCUT2D eigenvalue weighted by Gasteiger charge is -2.10. The van der Waals surface area contributed by atoms with E-state index in [4.69, 9.17) is 14.2 Å². The number of benzene rings is 1. The topological polar surface area (TPSA) is 39.7 Å². The molecule has 0 spiro atoms. The van der Waals surface area contributed by atoms with Crippen molar-refractivity contribution in [1.29, 1.82) is 0 Å². The molecule has 0 amide bonds. The van der Waals surface area contributed by atoms with Crippen molar-refractivity contribution < 1.29 is 14.2 Å². The smallest absolute Gasteiger partial charge is 0.119 e. The Hall–Kier alpha value is -1.10. The Morgan fingerprint density at radius 2 is 2.10 bits per heavy atom. The molecule has 118 valence electrons. The molecule has 1 heterocycles. The summed E-state index contributed by atoms with van der Waals surface area (Å²) in [6, 6.07) is 8.25. The molecule has 1 aliphatic rings. The van der Waals surface area contributed by atoms with E-state index >= 15 is 0 Å². The highest BCUT2D eigenvalue weighted by atomic mass is 16.5. The molecule has 1 aliphatic heterocycles. The van der Waals surface area contributed by atoms with E-state index in [1.165, 1.54) is 5.56 Å². The number of hydrogen-bond donors (Lipinski definition) is 1. The van der Waals surface area contributed by atoms with Crippen molar-refractivity contribution in [3.05, 3.63) is 29.8 Å². The number of nitrogens with one attached hydrogen (secondary N) is 1. The first-order valence-corrected chi connectivity index (χ1v) is 7.96. The van der Waals surface area contributed by atoms with Crippen molar-refractivity contribution in [2.45, 2.75) is 26.3 Å². The van der Waals surface area contributed by atoms with E-state index in [-0.39, 0.29) is 0 Å². The fourth-order valence-corrected chi connectivity index (χ4v) is 2.30. The van der Waals surface area contributed by atoms with E-state index in [1.807, 2.05) is 12.1 Å². The molecule has 1 aromatic rings. The molecular weight excluding hydrogens is 266 g/mol. The molecule has 4 heteroatoms. The SMILES string of the molecule is CCCNCc1ccc(OCCOCC2CCOC2)cc1. The van der Waals surface area contributed by atoms with Gasteiger partial charge in [-0.15, -0.1) is 0 Å². The van der Waals surface area contributed by atoms with Crippen LogP contribution in [-0.4, -0.2) is 39.6 Å². The van der Waals surface area contributed by atoms with Crippen molar-refractivity contribution in [2.75, 3.05) is 39.6 Å². The highest BCUT2D eigenvalue weighted by Gasteiger charge is 2.15. The van der Waals surface area contributed by atoms with E-state index < -0.39 is 0 Å². The van der Waals surface area contributed by atoms with Gasteiger partial charge in [0, 0.05) is 19.1 Å². The minimum Gasteiger partial charge on any atom is -0.491 e. The third-order valence-electron chi connectivity index (χ3n) is 3.55. The Balaban J connectivity index is 1.55. The predicted molar refractivity (Wildman–Crippen MR) is 83.7 cm³/mol. The van der Waals surface area contributed by atoms with Crippen molar-refractivity contribution >= 4 is 0 Å². The van der Waals surface area contributed by atoms with E-state index in [0.717, 1.165) is 51.5 Å². The third kappa shape index (κ3) is 6.46.